The van der Waals surface area contributed by atoms with Crippen LogP contribution in [0.1, 0.15) is 16.2 Å². The predicted molar refractivity (Wildman–Crippen MR) is 71.6 cm³/mol. The first-order valence-corrected chi connectivity index (χ1v) is 6.19. The lowest BCUT2D eigenvalue weighted by atomic mass is 10.2. The van der Waals surface area contributed by atoms with Gasteiger partial charge in [-0.15, -0.1) is 0 Å². The average molecular weight is 259 g/mol. The predicted octanol–water partition coefficient (Wildman–Crippen LogP) is 0.209. The number of nitrogens with zero attached hydrogens (tertiary/aromatic N) is 3. The number of nitrogens with two attached hydrogens (primary N) is 1. The number of carbonyl (C=O) groups is 1. The largest absolute Gasteiger partial charge is 0.350 e. The normalized spacial score (nSPS) is 10.4. The van der Waals surface area contributed by atoms with Gasteiger partial charge >= 0.3 is 0 Å². The van der Waals surface area contributed by atoms with Crippen LogP contribution >= 0.6 is 0 Å². The monoisotopic (exact) mass is 259 g/mol. The zero-order valence-corrected chi connectivity index (χ0v) is 10.6. The fourth-order valence-electron chi connectivity index (χ4n) is 1.69. The molecule has 19 heavy (non-hydrogen) atoms. The van der Waals surface area contributed by atoms with E-state index in [0.717, 1.165) is 5.69 Å². The summed E-state index contributed by atoms with van der Waals surface area (Å²) in [5.74, 6) is -0.174. The Morgan fingerprint density at radius 2 is 2.26 bits per heavy atom. The molecule has 0 aliphatic heterocycles. The smallest absolute Gasteiger partial charge is 0.271 e. The van der Waals surface area contributed by atoms with Gasteiger partial charge in [-0.3, -0.25) is 9.78 Å². The maximum atomic E-state index is 11.8. The van der Waals surface area contributed by atoms with Crippen molar-refractivity contribution in [2.24, 2.45) is 5.73 Å². The van der Waals surface area contributed by atoms with Crippen molar-refractivity contribution in [1.82, 2.24) is 19.9 Å². The van der Waals surface area contributed by atoms with Crippen molar-refractivity contribution >= 4 is 5.91 Å². The summed E-state index contributed by atoms with van der Waals surface area (Å²) >= 11 is 0. The van der Waals surface area contributed by atoms with Gasteiger partial charge in [-0.1, -0.05) is 6.07 Å². The first kappa shape index (κ1) is 13.2. The van der Waals surface area contributed by atoms with Crippen molar-refractivity contribution in [2.75, 3.05) is 13.1 Å². The van der Waals surface area contributed by atoms with Gasteiger partial charge in [0.25, 0.3) is 5.91 Å². The molecule has 0 saturated carbocycles. The van der Waals surface area contributed by atoms with E-state index in [1.807, 2.05) is 18.2 Å². The number of imidazole rings is 1. The van der Waals surface area contributed by atoms with Crippen molar-refractivity contribution in [3.8, 4) is 0 Å². The summed E-state index contributed by atoms with van der Waals surface area (Å²) in [7, 11) is 0. The van der Waals surface area contributed by atoms with Gasteiger partial charge in [-0.25, -0.2) is 4.98 Å². The molecular formula is C13H17N5O. The molecule has 100 valence electrons. The highest BCUT2D eigenvalue weighted by molar-refractivity contribution is 5.91. The molecule has 0 saturated heterocycles. The van der Waals surface area contributed by atoms with E-state index in [1.165, 1.54) is 0 Å². The SMILES string of the molecule is NCCn1cnc(C(=O)NCCc2ccccn2)c1. The van der Waals surface area contributed by atoms with Crippen molar-refractivity contribution in [1.29, 1.82) is 0 Å². The van der Waals surface area contributed by atoms with E-state index in [1.54, 1.807) is 23.3 Å². The molecule has 1 amide bonds. The number of aromatic nitrogens is 3. The van der Waals surface area contributed by atoms with Crippen LogP contribution in [0.25, 0.3) is 0 Å². The quantitative estimate of drug-likeness (QED) is 0.776. The molecule has 0 unspecified atom stereocenters. The summed E-state index contributed by atoms with van der Waals surface area (Å²) in [6, 6.07) is 5.73. The van der Waals surface area contributed by atoms with E-state index in [4.69, 9.17) is 5.73 Å². The molecule has 6 nitrogen and oxygen atoms in total. The van der Waals surface area contributed by atoms with Gasteiger partial charge in [0.2, 0.25) is 0 Å². The average Bonchev–Trinajstić information content (AvgIpc) is 2.89. The number of hydrogen-bond acceptors (Lipinski definition) is 4. The van der Waals surface area contributed by atoms with Crippen molar-refractivity contribution in [3.63, 3.8) is 0 Å². The van der Waals surface area contributed by atoms with E-state index in [9.17, 15) is 4.79 Å². The van der Waals surface area contributed by atoms with Gasteiger partial charge in [-0.2, -0.15) is 0 Å². The van der Waals surface area contributed by atoms with Crippen LogP contribution in [0.2, 0.25) is 0 Å². The van der Waals surface area contributed by atoms with Crippen LogP contribution in [0.3, 0.4) is 0 Å². The Balaban J connectivity index is 1.80. The van der Waals surface area contributed by atoms with Crippen molar-refractivity contribution in [3.05, 3.63) is 48.3 Å². The molecule has 6 heteroatoms. The van der Waals surface area contributed by atoms with E-state index in [2.05, 4.69) is 15.3 Å². The summed E-state index contributed by atoms with van der Waals surface area (Å²) < 4.78 is 1.80. The highest BCUT2D eigenvalue weighted by Gasteiger charge is 2.08. The van der Waals surface area contributed by atoms with Crippen LogP contribution in [0.4, 0.5) is 0 Å². The number of hydrogen-bond donors (Lipinski definition) is 2. The molecule has 2 heterocycles. The molecule has 3 N–H and O–H groups in total. The Labute approximate surface area is 111 Å². The molecule has 0 spiro atoms. The van der Waals surface area contributed by atoms with Crippen molar-refractivity contribution in [2.45, 2.75) is 13.0 Å². The van der Waals surface area contributed by atoms with Gasteiger partial charge in [-0.05, 0) is 12.1 Å². The maximum Gasteiger partial charge on any atom is 0.271 e. The zero-order chi connectivity index (χ0) is 13.5. The molecule has 0 bridgehead atoms. The molecule has 0 fully saturated rings. The summed E-state index contributed by atoms with van der Waals surface area (Å²) in [6.45, 7) is 1.73. The van der Waals surface area contributed by atoms with Crippen LogP contribution in [0.5, 0.6) is 0 Å². The molecule has 0 radical (unpaired) electrons. The highest BCUT2D eigenvalue weighted by Crippen LogP contribution is 1.97. The van der Waals surface area contributed by atoms with Gasteiger partial charge in [0.15, 0.2) is 0 Å². The van der Waals surface area contributed by atoms with E-state index >= 15 is 0 Å². The highest BCUT2D eigenvalue weighted by atomic mass is 16.1. The van der Waals surface area contributed by atoms with Gasteiger partial charge in [0, 0.05) is 44.1 Å². The fourth-order valence-corrected chi connectivity index (χ4v) is 1.69. The summed E-state index contributed by atoms with van der Waals surface area (Å²) in [4.78, 5) is 20.0. The van der Waals surface area contributed by atoms with E-state index in [-0.39, 0.29) is 5.91 Å². The Kier molecular flexibility index (Phi) is 4.63. The first-order chi connectivity index (χ1) is 9.29. The van der Waals surface area contributed by atoms with Crippen LogP contribution < -0.4 is 11.1 Å². The number of nitrogens with one attached hydrogen (secondary N) is 1. The third-order valence-electron chi connectivity index (χ3n) is 2.65. The minimum Gasteiger partial charge on any atom is -0.350 e. The lowest BCUT2D eigenvalue weighted by Crippen LogP contribution is -2.26. The third kappa shape index (κ3) is 3.89. The molecule has 0 aliphatic rings. The number of amides is 1. The Morgan fingerprint density at radius 1 is 1.37 bits per heavy atom. The van der Waals surface area contributed by atoms with E-state index in [0.29, 0.717) is 31.7 Å². The van der Waals surface area contributed by atoms with Crippen molar-refractivity contribution < 1.29 is 4.79 Å². The van der Waals surface area contributed by atoms with Crippen LogP contribution in [-0.4, -0.2) is 33.5 Å². The molecule has 2 aromatic rings. The van der Waals surface area contributed by atoms with Gasteiger partial charge < -0.3 is 15.6 Å². The third-order valence-corrected chi connectivity index (χ3v) is 2.65. The summed E-state index contributed by atoms with van der Waals surface area (Å²) in [5.41, 5.74) is 6.80. The number of carbonyl (C=O) groups excluding carboxylic acids is 1. The number of pyridine rings is 1. The molecule has 0 aliphatic carbocycles. The molecule has 2 aromatic heterocycles. The minimum absolute atomic E-state index is 0.174. The van der Waals surface area contributed by atoms with Crippen LogP contribution in [-0.2, 0) is 13.0 Å². The maximum absolute atomic E-state index is 11.8. The molecular weight excluding hydrogens is 242 g/mol. The Hall–Kier alpha value is -2.21. The van der Waals surface area contributed by atoms with Gasteiger partial charge in [0.05, 0.1) is 6.33 Å². The second-order valence-corrected chi connectivity index (χ2v) is 4.11. The van der Waals surface area contributed by atoms with Gasteiger partial charge in [0.1, 0.15) is 5.69 Å². The summed E-state index contributed by atoms with van der Waals surface area (Å²) in [5, 5.41) is 2.82. The fraction of sp³-hybridized carbons (Fsp3) is 0.308. The lowest BCUT2D eigenvalue weighted by molar-refractivity contribution is 0.0949. The molecule has 2 rings (SSSR count). The van der Waals surface area contributed by atoms with Crippen LogP contribution in [0.15, 0.2) is 36.9 Å². The minimum atomic E-state index is -0.174. The Morgan fingerprint density at radius 3 is 3.00 bits per heavy atom. The second-order valence-electron chi connectivity index (χ2n) is 4.11. The molecule has 0 atom stereocenters. The zero-order valence-electron chi connectivity index (χ0n) is 10.6. The molecule has 0 aromatic carbocycles. The lowest BCUT2D eigenvalue weighted by Gasteiger charge is -2.02. The summed E-state index contributed by atoms with van der Waals surface area (Å²) in [6.07, 6.45) is 5.76. The standard InChI is InChI=1S/C13H17N5O/c14-5-8-18-9-12(17-10-18)13(19)16-7-4-11-3-1-2-6-15-11/h1-3,6,9-10H,4-5,7-8,14H2,(H,16,19). The number of rotatable bonds is 6. The topological polar surface area (TPSA) is 85.8 Å². The first-order valence-electron chi connectivity index (χ1n) is 6.19. The van der Waals surface area contributed by atoms with E-state index < -0.39 is 0 Å². The van der Waals surface area contributed by atoms with Crippen LogP contribution in [0, 0.1) is 0 Å². The second kappa shape index (κ2) is 6.65. The Bertz CT molecular complexity index is 523.